The van der Waals surface area contributed by atoms with E-state index in [-0.39, 0.29) is 6.04 Å². The lowest BCUT2D eigenvalue weighted by Crippen LogP contribution is -2.07. The van der Waals surface area contributed by atoms with Gasteiger partial charge in [0, 0.05) is 25.0 Å². The first-order valence-electron chi connectivity index (χ1n) is 6.24. The van der Waals surface area contributed by atoms with E-state index in [0.717, 1.165) is 19.4 Å². The summed E-state index contributed by atoms with van der Waals surface area (Å²) >= 11 is 0. The fourth-order valence-electron chi connectivity index (χ4n) is 1.96. The molecule has 0 amide bonds. The molecule has 0 bridgehead atoms. The Balaban J connectivity index is 1.94. The van der Waals surface area contributed by atoms with Gasteiger partial charge < -0.3 is 10.3 Å². The van der Waals surface area contributed by atoms with Crippen molar-refractivity contribution in [3.63, 3.8) is 0 Å². The molecule has 1 aromatic carbocycles. The summed E-state index contributed by atoms with van der Waals surface area (Å²) < 4.78 is 2.22. The van der Waals surface area contributed by atoms with Gasteiger partial charge in [0.2, 0.25) is 0 Å². The van der Waals surface area contributed by atoms with E-state index in [1.54, 1.807) is 0 Å². The van der Waals surface area contributed by atoms with E-state index in [0.29, 0.717) is 0 Å². The van der Waals surface area contributed by atoms with Crippen LogP contribution in [0.1, 0.15) is 30.5 Å². The molecule has 1 aromatic heterocycles. The van der Waals surface area contributed by atoms with Gasteiger partial charge >= 0.3 is 0 Å². The summed E-state index contributed by atoms with van der Waals surface area (Å²) in [6.07, 6.45) is 6.34. The quantitative estimate of drug-likeness (QED) is 0.837. The van der Waals surface area contributed by atoms with Crippen LogP contribution in [-0.2, 0) is 13.0 Å². The number of nitrogens with zero attached hydrogens (tertiary/aromatic N) is 1. The molecule has 0 saturated heterocycles. The average Bonchev–Trinajstić information content (AvgIpc) is 2.85. The number of rotatable bonds is 5. The number of benzene rings is 1. The molecule has 2 rings (SSSR count). The smallest absolute Gasteiger partial charge is 0.0307 e. The van der Waals surface area contributed by atoms with Crippen molar-refractivity contribution < 1.29 is 0 Å². The van der Waals surface area contributed by atoms with Gasteiger partial charge in [0.1, 0.15) is 0 Å². The van der Waals surface area contributed by atoms with Crippen molar-refractivity contribution in [2.75, 3.05) is 0 Å². The highest BCUT2D eigenvalue weighted by Gasteiger charge is 2.04. The molecule has 2 aromatic rings. The molecular weight excluding hydrogens is 208 g/mol. The van der Waals surface area contributed by atoms with E-state index in [2.05, 4.69) is 60.3 Å². The minimum Gasteiger partial charge on any atom is -0.354 e. The molecule has 1 atom stereocenters. The molecule has 2 N–H and O–H groups in total. The first-order valence-corrected chi connectivity index (χ1v) is 6.24. The molecule has 90 valence electrons. The highest BCUT2D eigenvalue weighted by atomic mass is 14.9. The molecule has 1 heterocycles. The van der Waals surface area contributed by atoms with Crippen LogP contribution in [0.3, 0.4) is 0 Å². The van der Waals surface area contributed by atoms with Crippen LogP contribution in [0, 0.1) is 0 Å². The molecule has 0 radical (unpaired) electrons. The van der Waals surface area contributed by atoms with Gasteiger partial charge in [-0.1, -0.05) is 37.3 Å². The van der Waals surface area contributed by atoms with Crippen LogP contribution in [0.15, 0.2) is 48.8 Å². The van der Waals surface area contributed by atoms with Crippen LogP contribution < -0.4 is 5.73 Å². The van der Waals surface area contributed by atoms with Crippen LogP contribution in [0.5, 0.6) is 0 Å². The van der Waals surface area contributed by atoms with Gasteiger partial charge in [0.05, 0.1) is 0 Å². The van der Waals surface area contributed by atoms with Gasteiger partial charge in [0.25, 0.3) is 0 Å². The molecule has 2 nitrogen and oxygen atoms in total. The Morgan fingerprint density at radius 1 is 1.18 bits per heavy atom. The molecule has 2 heteroatoms. The Morgan fingerprint density at radius 2 is 1.94 bits per heavy atom. The summed E-state index contributed by atoms with van der Waals surface area (Å²) in [5, 5.41) is 0. The SMILES string of the molecule is CCC(N)c1ccn(CCc2ccccc2)c1. The number of hydrogen-bond acceptors (Lipinski definition) is 1. The van der Waals surface area contributed by atoms with E-state index >= 15 is 0 Å². The Bertz CT molecular complexity index is 445. The van der Waals surface area contributed by atoms with Crippen LogP contribution in [-0.4, -0.2) is 4.57 Å². The Kier molecular flexibility index (Phi) is 3.99. The molecule has 17 heavy (non-hydrogen) atoms. The fraction of sp³-hybridized carbons (Fsp3) is 0.333. The minimum absolute atomic E-state index is 0.174. The van der Waals surface area contributed by atoms with Crippen molar-refractivity contribution in [3.8, 4) is 0 Å². The highest BCUT2D eigenvalue weighted by molar-refractivity contribution is 5.17. The number of aryl methyl sites for hydroxylation is 2. The average molecular weight is 228 g/mol. The summed E-state index contributed by atoms with van der Waals surface area (Å²) in [5.74, 6) is 0. The lowest BCUT2D eigenvalue weighted by atomic mass is 10.1. The van der Waals surface area contributed by atoms with Crippen molar-refractivity contribution in [2.45, 2.75) is 32.4 Å². The maximum Gasteiger partial charge on any atom is 0.0307 e. The summed E-state index contributed by atoms with van der Waals surface area (Å²) in [4.78, 5) is 0. The third-order valence-corrected chi connectivity index (χ3v) is 3.14. The summed E-state index contributed by atoms with van der Waals surface area (Å²) in [5.41, 5.74) is 8.62. The van der Waals surface area contributed by atoms with E-state index in [1.165, 1.54) is 11.1 Å². The van der Waals surface area contributed by atoms with E-state index in [1.807, 2.05) is 0 Å². The maximum absolute atomic E-state index is 6.00. The van der Waals surface area contributed by atoms with Crippen molar-refractivity contribution >= 4 is 0 Å². The molecule has 1 unspecified atom stereocenters. The fourth-order valence-corrected chi connectivity index (χ4v) is 1.96. The topological polar surface area (TPSA) is 30.9 Å². The lowest BCUT2D eigenvalue weighted by molar-refractivity contribution is 0.674. The van der Waals surface area contributed by atoms with Gasteiger partial charge in [-0.15, -0.1) is 0 Å². The van der Waals surface area contributed by atoms with Gasteiger partial charge in [0.15, 0.2) is 0 Å². The minimum atomic E-state index is 0.174. The first kappa shape index (κ1) is 11.9. The predicted molar refractivity (Wildman–Crippen MR) is 71.8 cm³/mol. The summed E-state index contributed by atoms with van der Waals surface area (Å²) in [6.45, 7) is 3.13. The van der Waals surface area contributed by atoms with Crippen LogP contribution >= 0.6 is 0 Å². The van der Waals surface area contributed by atoms with Gasteiger partial charge in [-0.25, -0.2) is 0 Å². The van der Waals surface area contributed by atoms with Gasteiger partial charge in [-0.3, -0.25) is 0 Å². The number of hydrogen-bond donors (Lipinski definition) is 1. The zero-order valence-corrected chi connectivity index (χ0v) is 10.3. The highest BCUT2D eigenvalue weighted by Crippen LogP contribution is 2.14. The van der Waals surface area contributed by atoms with Crippen molar-refractivity contribution in [2.24, 2.45) is 5.73 Å². The van der Waals surface area contributed by atoms with Gasteiger partial charge in [-0.2, -0.15) is 0 Å². The van der Waals surface area contributed by atoms with E-state index in [9.17, 15) is 0 Å². The van der Waals surface area contributed by atoms with Crippen molar-refractivity contribution in [1.82, 2.24) is 4.57 Å². The second kappa shape index (κ2) is 5.69. The monoisotopic (exact) mass is 228 g/mol. The zero-order valence-electron chi connectivity index (χ0n) is 10.3. The summed E-state index contributed by atoms with van der Waals surface area (Å²) in [7, 11) is 0. The molecule has 0 fully saturated rings. The molecular formula is C15H20N2. The number of nitrogens with two attached hydrogens (primary N) is 1. The molecule has 0 aliphatic heterocycles. The molecule has 0 aliphatic rings. The Labute approximate surface area is 103 Å². The van der Waals surface area contributed by atoms with Crippen LogP contribution in [0.25, 0.3) is 0 Å². The van der Waals surface area contributed by atoms with E-state index in [4.69, 9.17) is 5.73 Å². The standard InChI is InChI=1S/C15H20N2/c1-2-15(16)14-9-11-17(12-14)10-8-13-6-4-3-5-7-13/h3-7,9,11-12,15H,2,8,10,16H2,1H3. The predicted octanol–water partition coefficient (Wildman–Crippen LogP) is 3.14. The number of aromatic nitrogens is 1. The second-order valence-electron chi connectivity index (χ2n) is 4.43. The van der Waals surface area contributed by atoms with Gasteiger partial charge in [-0.05, 0) is 30.0 Å². The Hall–Kier alpha value is -1.54. The largest absolute Gasteiger partial charge is 0.354 e. The lowest BCUT2D eigenvalue weighted by Gasteiger charge is -2.06. The van der Waals surface area contributed by atoms with Crippen molar-refractivity contribution in [1.29, 1.82) is 0 Å². The maximum atomic E-state index is 6.00. The Morgan fingerprint density at radius 3 is 2.65 bits per heavy atom. The third-order valence-electron chi connectivity index (χ3n) is 3.14. The molecule has 0 saturated carbocycles. The first-order chi connectivity index (χ1) is 8.29. The van der Waals surface area contributed by atoms with Crippen molar-refractivity contribution in [3.05, 3.63) is 59.9 Å². The summed E-state index contributed by atoms with van der Waals surface area (Å²) in [6, 6.07) is 12.9. The second-order valence-corrected chi connectivity index (χ2v) is 4.43. The molecule has 0 aliphatic carbocycles. The normalized spacial score (nSPS) is 12.6. The molecule has 0 spiro atoms. The zero-order chi connectivity index (χ0) is 12.1. The van der Waals surface area contributed by atoms with Crippen LogP contribution in [0.4, 0.5) is 0 Å². The van der Waals surface area contributed by atoms with E-state index < -0.39 is 0 Å². The van der Waals surface area contributed by atoms with Crippen LogP contribution in [0.2, 0.25) is 0 Å². The third kappa shape index (κ3) is 3.21.